The maximum Gasteiger partial charge on any atom is 0.336 e. The topological polar surface area (TPSA) is 30.2 Å². The highest BCUT2D eigenvalue weighted by molar-refractivity contribution is 6.19. The molecule has 0 aliphatic heterocycles. The van der Waals surface area contributed by atoms with Gasteiger partial charge in [0.25, 0.3) is 0 Å². The molecule has 2 rings (SSSR count). The predicted octanol–water partition coefficient (Wildman–Crippen LogP) is 2.58. The highest BCUT2D eigenvalue weighted by Gasteiger charge is 2.02. The van der Waals surface area contributed by atoms with Crippen LogP contribution in [0.4, 0.5) is 0 Å². The molecule has 0 unspecified atom stereocenters. The molecule has 1 aromatic heterocycles. The summed E-state index contributed by atoms with van der Waals surface area (Å²) in [7, 11) is 0. The normalized spacial score (nSPS) is 9.81. The summed E-state index contributed by atoms with van der Waals surface area (Å²) < 4.78 is 5.08. The molecule has 1 aromatic carbocycles. The van der Waals surface area contributed by atoms with Gasteiger partial charge in [-0.05, 0) is 11.6 Å². The van der Waals surface area contributed by atoms with Crippen molar-refractivity contribution in [2.45, 2.75) is 6.42 Å². The molecule has 0 bridgehead atoms. The van der Waals surface area contributed by atoms with Crippen molar-refractivity contribution in [3.8, 4) is 11.8 Å². The maximum absolute atomic E-state index is 11.3. The van der Waals surface area contributed by atoms with Crippen LogP contribution in [-0.2, 0) is 6.42 Å². The summed E-state index contributed by atoms with van der Waals surface area (Å²) in [6.07, 6.45) is 0.513. The summed E-state index contributed by atoms with van der Waals surface area (Å²) in [5.41, 5.74) is 1.13. The molecule has 0 amide bonds. The summed E-state index contributed by atoms with van der Waals surface area (Å²) in [5.74, 6) is 5.98. The number of alkyl halides is 1. The van der Waals surface area contributed by atoms with Crippen LogP contribution < -0.4 is 5.63 Å². The van der Waals surface area contributed by atoms with Gasteiger partial charge in [-0.1, -0.05) is 30.0 Å². The molecule has 0 fully saturated rings. The third-order valence-electron chi connectivity index (χ3n) is 2.21. The number of fused-ring (bicyclic) bond motifs is 1. The number of hydrogen-bond acceptors (Lipinski definition) is 2. The van der Waals surface area contributed by atoms with Crippen molar-refractivity contribution >= 4 is 22.6 Å². The largest absolute Gasteiger partial charge is 0.423 e. The van der Waals surface area contributed by atoms with E-state index in [0.29, 0.717) is 17.9 Å². The third kappa shape index (κ3) is 2.26. The van der Waals surface area contributed by atoms with Gasteiger partial charge < -0.3 is 4.42 Å². The molecule has 0 saturated heterocycles. The van der Waals surface area contributed by atoms with Crippen LogP contribution in [0.5, 0.6) is 0 Å². The Bertz CT molecular complexity index is 617. The Morgan fingerprint density at radius 1 is 1.25 bits per heavy atom. The van der Waals surface area contributed by atoms with Gasteiger partial charge in [0.15, 0.2) is 0 Å². The zero-order valence-electron chi connectivity index (χ0n) is 8.50. The Labute approximate surface area is 97.8 Å². The summed E-state index contributed by atoms with van der Waals surface area (Å²) in [5, 5.41) is 0.922. The van der Waals surface area contributed by atoms with Gasteiger partial charge in [0.05, 0.1) is 5.88 Å². The second-order valence-electron chi connectivity index (χ2n) is 3.25. The molecular formula is C13H9ClO2. The maximum atomic E-state index is 11.3. The Morgan fingerprint density at radius 2 is 2.06 bits per heavy atom. The number of benzene rings is 1. The minimum Gasteiger partial charge on any atom is -0.423 e. The summed E-state index contributed by atoms with van der Waals surface area (Å²) in [6, 6.07) is 8.90. The highest BCUT2D eigenvalue weighted by atomic mass is 35.5. The lowest BCUT2D eigenvalue weighted by molar-refractivity contribution is 0.559. The first-order valence-electron chi connectivity index (χ1n) is 4.84. The van der Waals surface area contributed by atoms with E-state index in [2.05, 4.69) is 11.8 Å². The number of hydrogen-bond donors (Lipinski definition) is 0. The van der Waals surface area contributed by atoms with Crippen molar-refractivity contribution in [2.75, 3.05) is 5.88 Å². The van der Waals surface area contributed by atoms with Gasteiger partial charge in [-0.25, -0.2) is 4.79 Å². The molecule has 2 nitrogen and oxygen atoms in total. The highest BCUT2D eigenvalue weighted by Crippen LogP contribution is 2.16. The van der Waals surface area contributed by atoms with E-state index in [4.69, 9.17) is 16.0 Å². The van der Waals surface area contributed by atoms with Crippen LogP contribution in [0.15, 0.2) is 39.5 Å². The molecule has 0 saturated carbocycles. The Hall–Kier alpha value is -1.72. The SMILES string of the molecule is O=c1cc(CC#CCCl)c2ccccc2o1. The van der Waals surface area contributed by atoms with Gasteiger partial charge in [0.1, 0.15) is 5.58 Å². The van der Waals surface area contributed by atoms with Crippen LogP contribution in [0.3, 0.4) is 0 Å². The van der Waals surface area contributed by atoms with Crippen LogP contribution in [0.2, 0.25) is 0 Å². The molecule has 0 atom stereocenters. The average Bonchev–Trinajstić information content (AvgIpc) is 2.29. The fourth-order valence-electron chi connectivity index (χ4n) is 1.53. The van der Waals surface area contributed by atoms with Crippen LogP contribution in [0.1, 0.15) is 5.56 Å². The molecule has 0 N–H and O–H groups in total. The van der Waals surface area contributed by atoms with E-state index in [-0.39, 0.29) is 5.63 Å². The van der Waals surface area contributed by atoms with Gasteiger partial charge in [-0.2, -0.15) is 0 Å². The lowest BCUT2D eigenvalue weighted by Gasteiger charge is -2.00. The van der Waals surface area contributed by atoms with Gasteiger partial charge >= 0.3 is 5.63 Å². The lowest BCUT2D eigenvalue weighted by atomic mass is 10.1. The van der Waals surface area contributed by atoms with E-state index < -0.39 is 0 Å². The van der Waals surface area contributed by atoms with Crippen LogP contribution >= 0.6 is 11.6 Å². The van der Waals surface area contributed by atoms with Crippen molar-refractivity contribution in [2.24, 2.45) is 0 Å². The first kappa shape index (κ1) is 10.8. The molecule has 0 aliphatic rings. The molecule has 0 aliphatic carbocycles. The Morgan fingerprint density at radius 3 is 2.88 bits per heavy atom. The molecular weight excluding hydrogens is 224 g/mol. The lowest BCUT2D eigenvalue weighted by Crippen LogP contribution is -1.99. The summed E-state index contributed by atoms with van der Waals surface area (Å²) in [6.45, 7) is 0. The van der Waals surface area contributed by atoms with Gasteiger partial charge in [0.2, 0.25) is 0 Å². The molecule has 0 spiro atoms. The monoisotopic (exact) mass is 232 g/mol. The first-order chi connectivity index (χ1) is 7.81. The van der Waals surface area contributed by atoms with Gasteiger partial charge in [0, 0.05) is 17.9 Å². The third-order valence-corrected chi connectivity index (χ3v) is 2.34. The van der Waals surface area contributed by atoms with Crippen LogP contribution in [-0.4, -0.2) is 5.88 Å². The van der Waals surface area contributed by atoms with E-state index >= 15 is 0 Å². The predicted molar refractivity (Wildman–Crippen MR) is 64.7 cm³/mol. The summed E-state index contributed by atoms with van der Waals surface area (Å²) in [4.78, 5) is 11.3. The average molecular weight is 233 g/mol. The van der Waals surface area contributed by atoms with Crippen LogP contribution in [0.25, 0.3) is 11.0 Å². The van der Waals surface area contributed by atoms with Gasteiger partial charge in [-0.15, -0.1) is 11.6 Å². The first-order valence-corrected chi connectivity index (χ1v) is 5.38. The van der Waals surface area contributed by atoms with E-state index in [1.807, 2.05) is 18.2 Å². The second kappa shape index (κ2) is 4.87. The van der Waals surface area contributed by atoms with Crippen molar-refractivity contribution in [3.63, 3.8) is 0 Å². The minimum absolute atomic E-state index is 0.305. The van der Waals surface area contributed by atoms with Gasteiger partial charge in [-0.3, -0.25) is 0 Å². The van der Waals surface area contributed by atoms with Crippen molar-refractivity contribution < 1.29 is 4.42 Å². The number of halogens is 1. The Balaban J connectivity index is 2.54. The Kier molecular flexibility index (Phi) is 3.28. The second-order valence-corrected chi connectivity index (χ2v) is 3.52. The molecule has 0 radical (unpaired) electrons. The smallest absolute Gasteiger partial charge is 0.336 e. The standard InChI is InChI=1S/C13H9ClO2/c14-8-4-3-5-10-9-13(15)16-12-7-2-1-6-11(10)12/h1-2,6-7,9H,5,8H2. The van der Waals surface area contributed by atoms with Crippen molar-refractivity contribution in [1.29, 1.82) is 0 Å². The van der Waals surface area contributed by atoms with Crippen molar-refractivity contribution in [1.82, 2.24) is 0 Å². The minimum atomic E-state index is -0.346. The number of rotatable bonds is 1. The molecule has 3 heteroatoms. The molecule has 1 heterocycles. The van der Waals surface area contributed by atoms with E-state index in [1.165, 1.54) is 6.07 Å². The van der Waals surface area contributed by atoms with Crippen LogP contribution in [0, 0.1) is 11.8 Å². The van der Waals surface area contributed by atoms with Crippen molar-refractivity contribution in [3.05, 3.63) is 46.3 Å². The fraction of sp³-hybridized carbons (Fsp3) is 0.154. The number of para-hydroxylation sites is 1. The van der Waals surface area contributed by atoms with E-state index in [0.717, 1.165) is 10.9 Å². The van der Waals surface area contributed by atoms with E-state index in [9.17, 15) is 4.79 Å². The quantitative estimate of drug-likeness (QED) is 0.430. The fourth-order valence-corrected chi connectivity index (χ4v) is 1.62. The molecule has 16 heavy (non-hydrogen) atoms. The zero-order valence-corrected chi connectivity index (χ0v) is 9.25. The van der Waals surface area contributed by atoms with E-state index in [1.54, 1.807) is 6.07 Å². The zero-order chi connectivity index (χ0) is 11.4. The summed E-state index contributed by atoms with van der Waals surface area (Å²) >= 11 is 5.46. The molecule has 80 valence electrons. The molecule has 2 aromatic rings.